The lowest BCUT2D eigenvalue weighted by Gasteiger charge is -2.40. The third kappa shape index (κ3) is 4.86. The summed E-state index contributed by atoms with van der Waals surface area (Å²) >= 11 is 0. The van der Waals surface area contributed by atoms with Gasteiger partial charge < -0.3 is 9.64 Å². The van der Waals surface area contributed by atoms with Crippen molar-refractivity contribution in [3.63, 3.8) is 0 Å². The Balaban J connectivity index is 1.28. The topological polar surface area (TPSA) is 66.0 Å². The van der Waals surface area contributed by atoms with Crippen molar-refractivity contribution < 1.29 is 13.2 Å². The van der Waals surface area contributed by atoms with E-state index in [4.69, 9.17) is 4.74 Å². The fraction of sp³-hybridized carbons (Fsp3) is 0.346. The standard InChI is InChI=1S/C26H30N4O3S/c31-34(32,30-17-19-33-20-18-30)24-11-12-25(27-21-24)28-13-15-29(16-14-28)26(22-7-3-1-4-8-22)23-9-5-2-6-10-23/h1-12,21,26H,13-20H2. The average molecular weight is 479 g/mol. The minimum atomic E-state index is -3.53. The SMILES string of the molecule is O=S(=O)(c1ccc(N2CCN(C(c3ccccc3)c3ccccc3)CC2)nc1)N1CCOCC1. The molecule has 0 aliphatic carbocycles. The number of morpholine rings is 1. The van der Waals surface area contributed by atoms with Gasteiger partial charge in [0.25, 0.3) is 0 Å². The van der Waals surface area contributed by atoms with Gasteiger partial charge in [0, 0.05) is 45.5 Å². The minimum absolute atomic E-state index is 0.207. The molecule has 8 heteroatoms. The van der Waals surface area contributed by atoms with E-state index in [0.29, 0.717) is 26.3 Å². The monoisotopic (exact) mass is 478 g/mol. The zero-order valence-electron chi connectivity index (χ0n) is 19.2. The molecular formula is C26H30N4O3S. The number of rotatable bonds is 6. The molecule has 1 aromatic heterocycles. The number of aromatic nitrogens is 1. The molecule has 0 N–H and O–H groups in total. The van der Waals surface area contributed by atoms with Crippen LogP contribution in [0.1, 0.15) is 17.2 Å². The second-order valence-corrected chi connectivity index (χ2v) is 10.6. The molecule has 2 aromatic carbocycles. The zero-order chi connectivity index (χ0) is 23.4. The number of sulfonamides is 1. The van der Waals surface area contributed by atoms with Gasteiger partial charge in [0.05, 0.1) is 19.3 Å². The molecule has 0 radical (unpaired) electrons. The molecule has 3 aromatic rings. The number of nitrogens with zero attached hydrogens (tertiary/aromatic N) is 4. The molecule has 2 aliphatic heterocycles. The Morgan fingerprint density at radius 2 is 1.32 bits per heavy atom. The molecule has 2 aliphatic rings. The summed E-state index contributed by atoms with van der Waals surface area (Å²) in [6, 6.07) is 25.0. The Bertz CT molecular complexity index is 1120. The van der Waals surface area contributed by atoms with Crippen molar-refractivity contribution in [3.8, 4) is 0 Å². The lowest BCUT2D eigenvalue weighted by Crippen LogP contribution is -2.48. The van der Waals surface area contributed by atoms with Crippen molar-refractivity contribution in [2.45, 2.75) is 10.9 Å². The Labute approximate surface area is 201 Å². The van der Waals surface area contributed by atoms with Crippen LogP contribution >= 0.6 is 0 Å². The van der Waals surface area contributed by atoms with Crippen LogP contribution in [0, 0.1) is 0 Å². The highest BCUT2D eigenvalue weighted by molar-refractivity contribution is 7.89. The van der Waals surface area contributed by atoms with Crippen LogP contribution < -0.4 is 4.90 Å². The van der Waals surface area contributed by atoms with E-state index in [9.17, 15) is 8.42 Å². The molecule has 2 fully saturated rings. The molecule has 0 unspecified atom stereocenters. The highest BCUT2D eigenvalue weighted by Crippen LogP contribution is 2.30. The summed E-state index contributed by atoms with van der Waals surface area (Å²) in [4.78, 5) is 9.50. The van der Waals surface area contributed by atoms with Gasteiger partial charge in [-0.25, -0.2) is 13.4 Å². The summed E-state index contributed by atoms with van der Waals surface area (Å²) in [5, 5.41) is 0. The van der Waals surface area contributed by atoms with Gasteiger partial charge in [-0.3, -0.25) is 4.90 Å². The van der Waals surface area contributed by atoms with Crippen molar-refractivity contribution in [2.75, 3.05) is 57.4 Å². The van der Waals surface area contributed by atoms with E-state index in [1.165, 1.54) is 21.6 Å². The smallest absolute Gasteiger partial charge is 0.244 e. The van der Waals surface area contributed by atoms with Crippen LogP contribution in [0.5, 0.6) is 0 Å². The van der Waals surface area contributed by atoms with Crippen molar-refractivity contribution in [1.82, 2.24) is 14.2 Å². The van der Waals surface area contributed by atoms with E-state index in [2.05, 4.69) is 75.4 Å². The van der Waals surface area contributed by atoms with Crippen LogP contribution in [0.4, 0.5) is 5.82 Å². The first-order chi connectivity index (χ1) is 16.6. The Morgan fingerprint density at radius 1 is 0.735 bits per heavy atom. The molecule has 178 valence electrons. The van der Waals surface area contributed by atoms with Crippen LogP contribution in [0.15, 0.2) is 83.9 Å². The van der Waals surface area contributed by atoms with Gasteiger partial charge in [0.1, 0.15) is 10.7 Å². The predicted molar refractivity (Wildman–Crippen MR) is 132 cm³/mol. The van der Waals surface area contributed by atoms with Crippen molar-refractivity contribution in [3.05, 3.63) is 90.1 Å². The second-order valence-electron chi connectivity index (χ2n) is 8.62. The van der Waals surface area contributed by atoms with Gasteiger partial charge in [-0.2, -0.15) is 4.31 Å². The van der Waals surface area contributed by atoms with E-state index >= 15 is 0 Å². The molecule has 2 saturated heterocycles. The molecule has 3 heterocycles. The molecule has 0 spiro atoms. The van der Waals surface area contributed by atoms with Crippen molar-refractivity contribution >= 4 is 15.8 Å². The van der Waals surface area contributed by atoms with E-state index < -0.39 is 10.0 Å². The van der Waals surface area contributed by atoms with E-state index in [1.54, 1.807) is 6.07 Å². The van der Waals surface area contributed by atoms with Crippen LogP contribution in [0.25, 0.3) is 0 Å². The average Bonchev–Trinajstić information content (AvgIpc) is 2.91. The summed E-state index contributed by atoms with van der Waals surface area (Å²) in [6.07, 6.45) is 1.49. The van der Waals surface area contributed by atoms with Crippen molar-refractivity contribution in [1.29, 1.82) is 0 Å². The number of piperazine rings is 1. The largest absolute Gasteiger partial charge is 0.379 e. The molecule has 0 amide bonds. The van der Waals surface area contributed by atoms with Crippen LogP contribution in [-0.2, 0) is 14.8 Å². The number of benzene rings is 2. The second kappa shape index (κ2) is 10.2. The van der Waals surface area contributed by atoms with Gasteiger partial charge in [0.15, 0.2) is 0 Å². The Hall–Kier alpha value is -2.78. The molecule has 34 heavy (non-hydrogen) atoms. The van der Waals surface area contributed by atoms with Gasteiger partial charge >= 0.3 is 0 Å². The summed E-state index contributed by atoms with van der Waals surface area (Å²) in [5.74, 6) is 0.816. The maximum absolute atomic E-state index is 12.9. The zero-order valence-corrected chi connectivity index (χ0v) is 20.0. The summed E-state index contributed by atoms with van der Waals surface area (Å²) in [6.45, 7) is 5.08. The highest BCUT2D eigenvalue weighted by Gasteiger charge is 2.29. The van der Waals surface area contributed by atoms with Gasteiger partial charge in [0.2, 0.25) is 10.0 Å². The third-order valence-corrected chi connectivity index (χ3v) is 8.44. The van der Waals surface area contributed by atoms with Gasteiger partial charge in [-0.1, -0.05) is 60.7 Å². The first kappa shape index (κ1) is 23.0. The summed E-state index contributed by atoms with van der Waals surface area (Å²) in [7, 11) is -3.53. The normalized spacial score (nSPS) is 18.3. The lowest BCUT2D eigenvalue weighted by atomic mass is 9.96. The Morgan fingerprint density at radius 3 is 1.85 bits per heavy atom. The van der Waals surface area contributed by atoms with Gasteiger partial charge in [-0.15, -0.1) is 0 Å². The summed E-state index contributed by atoms with van der Waals surface area (Å²) < 4.78 is 32.5. The van der Waals surface area contributed by atoms with E-state index in [1.807, 2.05) is 6.07 Å². The molecule has 0 saturated carbocycles. The highest BCUT2D eigenvalue weighted by atomic mass is 32.2. The number of hydrogen-bond acceptors (Lipinski definition) is 6. The quantitative estimate of drug-likeness (QED) is 0.543. The first-order valence-corrected chi connectivity index (χ1v) is 13.2. The number of hydrogen-bond donors (Lipinski definition) is 0. The maximum Gasteiger partial charge on any atom is 0.244 e. The molecule has 0 atom stereocenters. The maximum atomic E-state index is 12.9. The number of anilines is 1. The molecule has 7 nitrogen and oxygen atoms in total. The minimum Gasteiger partial charge on any atom is -0.379 e. The fourth-order valence-electron chi connectivity index (χ4n) is 4.74. The van der Waals surface area contributed by atoms with Gasteiger partial charge in [-0.05, 0) is 23.3 Å². The number of ether oxygens (including phenoxy) is 1. The lowest BCUT2D eigenvalue weighted by molar-refractivity contribution is 0.0730. The third-order valence-electron chi connectivity index (χ3n) is 6.56. The fourth-order valence-corrected chi connectivity index (χ4v) is 6.10. The first-order valence-electron chi connectivity index (χ1n) is 11.8. The van der Waals surface area contributed by atoms with Crippen LogP contribution in [0.2, 0.25) is 0 Å². The van der Waals surface area contributed by atoms with E-state index in [0.717, 1.165) is 32.0 Å². The molecular weight excluding hydrogens is 448 g/mol. The van der Waals surface area contributed by atoms with Crippen molar-refractivity contribution in [2.24, 2.45) is 0 Å². The molecule has 5 rings (SSSR count). The van der Waals surface area contributed by atoms with Crippen LogP contribution in [-0.4, -0.2) is 75.1 Å². The number of pyridine rings is 1. The predicted octanol–water partition coefficient (Wildman–Crippen LogP) is 3.01. The van der Waals surface area contributed by atoms with Crippen LogP contribution in [0.3, 0.4) is 0 Å². The molecule has 0 bridgehead atoms. The summed E-state index contributed by atoms with van der Waals surface area (Å²) in [5.41, 5.74) is 2.58. The van der Waals surface area contributed by atoms with E-state index in [-0.39, 0.29) is 10.9 Å². The Kier molecular flexibility index (Phi) is 6.92.